The van der Waals surface area contributed by atoms with Crippen molar-refractivity contribution < 1.29 is 9.53 Å². The van der Waals surface area contributed by atoms with Crippen LogP contribution >= 0.6 is 0 Å². The Morgan fingerprint density at radius 3 is 2.95 bits per heavy atom. The van der Waals surface area contributed by atoms with Crippen molar-refractivity contribution in [3.8, 4) is 0 Å². The van der Waals surface area contributed by atoms with Crippen LogP contribution in [0.3, 0.4) is 0 Å². The normalized spacial score (nSPS) is 19.2. The molecule has 0 radical (unpaired) electrons. The number of nitrogens with two attached hydrogens (primary N) is 1. The number of carbonyl (C=O) groups is 1. The van der Waals surface area contributed by atoms with E-state index in [0.29, 0.717) is 12.4 Å². The molecule has 0 aliphatic carbocycles. The molecule has 116 valence electrons. The Bertz CT molecular complexity index is 499. The summed E-state index contributed by atoms with van der Waals surface area (Å²) in [6.45, 7) is 6.97. The van der Waals surface area contributed by atoms with Crippen molar-refractivity contribution in [3.05, 3.63) is 18.3 Å². The van der Waals surface area contributed by atoms with Gasteiger partial charge in [-0.25, -0.2) is 9.78 Å². The van der Waals surface area contributed by atoms with E-state index in [1.54, 1.807) is 11.1 Å². The molecule has 2 heterocycles. The second-order valence-corrected chi connectivity index (χ2v) is 6.35. The van der Waals surface area contributed by atoms with Gasteiger partial charge in [0.05, 0.1) is 5.69 Å². The molecule has 1 aromatic heterocycles. The topological polar surface area (TPSA) is 80.5 Å². The largest absolute Gasteiger partial charge is 0.444 e. The van der Waals surface area contributed by atoms with Gasteiger partial charge in [0.2, 0.25) is 0 Å². The molecule has 6 heteroatoms. The first-order chi connectivity index (χ1) is 9.85. The Labute approximate surface area is 125 Å². The first-order valence-corrected chi connectivity index (χ1v) is 7.30. The number of hydrogen-bond acceptors (Lipinski definition) is 5. The summed E-state index contributed by atoms with van der Waals surface area (Å²) in [4.78, 5) is 17.9. The maximum Gasteiger partial charge on any atom is 0.410 e. The van der Waals surface area contributed by atoms with Gasteiger partial charge in [0.15, 0.2) is 0 Å². The minimum atomic E-state index is -0.467. The van der Waals surface area contributed by atoms with Gasteiger partial charge in [0.1, 0.15) is 11.4 Å². The number of ether oxygens (including phenoxy) is 1. The van der Waals surface area contributed by atoms with E-state index >= 15 is 0 Å². The lowest BCUT2D eigenvalue weighted by molar-refractivity contribution is 0.0206. The molecule has 0 spiro atoms. The zero-order chi connectivity index (χ0) is 15.5. The number of nitrogen functional groups attached to an aromatic ring is 1. The summed E-state index contributed by atoms with van der Waals surface area (Å²) >= 11 is 0. The van der Waals surface area contributed by atoms with Gasteiger partial charge in [-0.05, 0) is 45.7 Å². The van der Waals surface area contributed by atoms with E-state index in [9.17, 15) is 4.79 Å². The molecule has 1 unspecified atom stereocenters. The van der Waals surface area contributed by atoms with Crippen molar-refractivity contribution in [1.29, 1.82) is 0 Å². The number of aromatic nitrogens is 1. The van der Waals surface area contributed by atoms with Crippen molar-refractivity contribution in [3.63, 3.8) is 0 Å². The van der Waals surface area contributed by atoms with Gasteiger partial charge in [-0.1, -0.05) is 0 Å². The number of anilines is 2. The molecule has 6 nitrogen and oxygen atoms in total. The van der Waals surface area contributed by atoms with Crippen LogP contribution in [-0.2, 0) is 4.74 Å². The maximum atomic E-state index is 12.1. The van der Waals surface area contributed by atoms with E-state index in [1.807, 2.05) is 32.9 Å². The molecule has 1 saturated heterocycles. The number of carbonyl (C=O) groups excluding carboxylic acids is 1. The van der Waals surface area contributed by atoms with Crippen molar-refractivity contribution in [2.45, 2.75) is 45.3 Å². The van der Waals surface area contributed by atoms with Crippen LogP contribution in [0.4, 0.5) is 16.3 Å². The van der Waals surface area contributed by atoms with Gasteiger partial charge < -0.3 is 20.7 Å². The standard InChI is InChI=1S/C15H24N4O2/c1-15(2,3)21-14(20)19-9-5-6-11(10-19)18-12-7-4-8-17-13(12)16/h4,7-8,11,18H,5-6,9-10H2,1-3H3,(H2,16,17). The molecule has 1 aromatic rings. The van der Waals surface area contributed by atoms with E-state index in [2.05, 4.69) is 10.3 Å². The first-order valence-electron chi connectivity index (χ1n) is 7.30. The highest BCUT2D eigenvalue weighted by Gasteiger charge is 2.27. The Morgan fingerprint density at radius 1 is 1.52 bits per heavy atom. The van der Waals surface area contributed by atoms with Gasteiger partial charge in [-0.15, -0.1) is 0 Å². The minimum absolute atomic E-state index is 0.165. The molecular formula is C15H24N4O2. The lowest BCUT2D eigenvalue weighted by atomic mass is 10.1. The predicted octanol–water partition coefficient (Wildman–Crippen LogP) is 2.48. The second kappa shape index (κ2) is 6.20. The third-order valence-electron chi connectivity index (χ3n) is 3.27. The van der Waals surface area contributed by atoms with Gasteiger partial charge >= 0.3 is 6.09 Å². The molecule has 1 aliphatic heterocycles. The van der Waals surface area contributed by atoms with E-state index < -0.39 is 5.60 Å². The molecule has 0 bridgehead atoms. The maximum absolute atomic E-state index is 12.1. The fourth-order valence-corrected chi connectivity index (χ4v) is 2.35. The molecule has 2 rings (SSSR count). The summed E-state index contributed by atoms with van der Waals surface area (Å²) in [6.07, 6.45) is 3.34. The summed E-state index contributed by atoms with van der Waals surface area (Å²) in [5.74, 6) is 0.479. The van der Waals surface area contributed by atoms with E-state index in [4.69, 9.17) is 10.5 Å². The van der Waals surface area contributed by atoms with E-state index in [-0.39, 0.29) is 12.1 Å². The highest BCUT2D eigenvalue weighted by Crippen LogP contribution is 2.21. The summed E-state index contributed by atoms with van der Waals surface area (Å²) in [6, 6.07) is 3.90. The van der Waals surface area contributed by atoms with Crippen LogP contribution in [0.5, 0.6) is 0 Å². The lowest BCUT2D eigenvalue weighted by Crippen LogP contribution is -2.47. The van der Waals surface area contributed by atoms with Crippen molar-refractivity contribution in [2.75, 3.05) is 24.1 Å². The molecule has 21 heavy (non-hydrogen) atoms. The highest BCUT2D eigenvalue weighted by atomic mass is 16.6. The number of amides is 1. The molecule has 1 fully saturated rings. The Kier molecular flexibility index (Phi) is 4.55. The fourth-order valence-electron chi connectivity index (χ4n) is 2.35. The minimum Gasteiger partial charge on any atom is -0.444 e. The van der Waals surface area contributed by atoms with Crippen molar-refractivity contribution >= 4 is 17.6 Å². The van der Waals surface area contributed by atoms with Gasteiger partial charge in [-0.3, -0.25) is 0 Å². The molecule has 3 N–H and O–H groups in total. The van der Waals surface area contributed by atoms with E-state index in [0.717, 1.165) is 25.1 Å². The Morgan fingerprint density at radius 2 is 2.29 bits per heavy atom. The Balaban J connectivity index is 1.95. The number of pyridine rings is 1. The van der Waals surface area contributed by atoms with Crippen LogP contribution < -0.4 is 11.1 Å². The number of likely N-dealkylation sites (tertiary alicyclic amines) is 1. The summed E-state index contributed by atoms with van der Waals surface area (Å²) in [5.41, 5.74) is 6.18. The predicted molar refractivity (Wildman–Crippen MR) is 83.1 cm³/mol. The molecular weight excluding hydrogens is 268 g/mol. The van der Waals surface area contributed by atoms with Gasteiger partial charge in [0, 0.05) is 25.3 Å². The number of nitrogens with zero attached hydrogens (tertiary/aromatic N) is 2. The van der Waals surface area contributed by atoms with Crippen LogP contribution in [-0.4, -0.2) is 40.7 Å². The zero-order valence-corrected chi connectivity index (χ0v) is 12.9. The lowest BCUT2D eigenvalue weighted by Gasteiger charge is -2.34. The van der Waals surface area contributed by atoms with Crippen LogP contribution in [0.2, 0.25) is 0 Å². The summed E-state index contributed by atoms with van der Waals surface area (Å²) < 4.78 is 5.42. The number of rotatable bonds is 2. The van der Waals surface area contributed by atoms with Gasteiger partial charge in [0.25, 0.3) is 0 Å². The second-order valence-electron chi connectivity index (χ2n) is 6.35. The molecule has 1 amide bonds. The van der Waals surface area contributed by atoms with Crippen LogP contribution in [0.15, 0.2) is 18.3 Å². The first kappa shape index (κ1) is 15.4. The van der Waals surface area contributed by atoms with Crippen LogP contribution in [0.1, 0.15) is 33.6 Å². The Hall–Kier alpha value is -1.98. The quantitative estimate of drug-likeness (QED) is 0.875. The number of nitrogens with one attached hydrogen (secondary N) is 1. The van der Waals surface area contributed by atoms with Crippen molar-refractivity contribution in [2.24, 2.45) is 0 Å². The number of piperidine rings is 1. The molecule has 0 saturated carbocycles. The van der Waals surface area contributed by atoms with Gasteiger partial charge in [-0.2, -0.15) is 0 Å². The zero-order valence-electron chi connectivity index (χ0n) is 12.9. The van der Waals surface area contributed by atoms with E-state index in [1.165, 1.54) is 0 Å². The smallest absolute Gasteiger partial charge is 0.410 e. The molecule has 0 aromatic carbocycles. The van der Waals surface area contributed by atoms with Crippen molar-refractivity contribution in [1.82, 2.24) is 9.88 Å². The monoisotopic (exact) mass is 292 g/mol. The third-order valence-corrected chi connectivity index (χ3v) is 3.27. The molecule has 1 atom stereocenters. The molecule has 1 aliphatic rings. The highest BCUT2D eigenvalue weighted by molar-refractivity contribution is 5.68. The number of hydrogen-bond donors (Lipinski definition) is 2. The summed E-state index contributed by atoms with van der Waals surface area (Å²) in [5, 5.41) is 3.36. The SMILES string of the molecule is CC(C)(C)OC(=O)N1CCCC(Nc2cccnc2N)C1. The third kappa shape index (κ3) is 4.51. The average Bonchev–Trinajstić information content (AvgIpc) is 2.40. The summed E-state index contributed by atoms with van der Waals surface area (Å²) in [7, 11) is 0. The van der Waals surface area contributed by atoms with Crippen LogP contribution in [0, 0.1) is 0 Å². The van der Waals surface area contributed by atoms with Crippen LogP contribution in [0.25, 0.3) is 0 Å². The average molecular weight is 292 g/mol. The fraction of sp³-hybridized carbons (Fsp3) is 0.600.